The first-order valence-electron chi connectivity index (χ1n) is 10.7. The molecule has 2 aromatic carbocycles. The van der Waals surface area contributed by atoms with E-state index in [-0.39, 0.29) is 23.2 Å². The van der Waals surface area contributed by atoms with Crippen LogP contribution in [0.4, 0.5) is 0 Å². The van der Waals surface area contributed by atoms with Crippen LogP contribution in [-0.4, -0.2) is 25.3 Å². The maximum absolute atomic E-state index is 12.4. The number of nitrogens with zero attached hydrogens (tertiary/aromatic N) is 1. The predicted molar refractivity (Wildman–Crippen MR) is 121 cm³/mol. The van der Waals surface area contributed by atoms with E-state index in [4.69, 9.17) is 9.47 Å². The van der Waals surface area contributed by atoms with Gasteiger partial charge in [0.25, 0.3) is 0 Å². The van der Waals surface area contributed by atoms with Crippen LogP contribution >= 0.6 is 0 Å². The van der Waals surface area contributed by atoms with Crippen molar-refractivity contribution in [2.24, 2.45) is 11.0 Å². The highest BCUT2D eigenvalue weighted by Gasteiger charge is 2.44. The molecule has 1 N–H and O–H groups in total. The molecule has 0 radical (unpaired) electrons. The molecular weight excluding hydrogens is 376 g/mol. The van der Waals surface area contributed by atoms with Crippen molar-refractivity contribution in [3.8, 4) is 11.5 Å². The fraction of sp³-hybridized carbons (Fsp3) is 0.440. The van der Waals surface area contributed by atoms with Crippen molar-refractivity contribution in [1.82, 2.24) is 5.43 Å². The first-order valence-corrected chi connectivity index (χ1v) is 10.7. The van der Waals surface area contributed by atoms with E-state index in [2.05, 4.69) is 55.6 Å². The van der Waals surface area contributed by atoms with Crippen molar-refractivity contribution in [2.45, 2.75) is 52.4 Å². The summed E-state index contributed by atoms with van der Waals surface area (Å²) in [6, 6.07) is 14.2. The smallest absolute Gasteiger partial charge is 0.243 e. The minimum absolute atomic E-state index is 0.0121. The lowest BCUT2D eigenvalue weighted by atomic mass is 9.86. The fourth-order valence-electron chi connectivity index (χ4n) is 3.48. The Bertz CT molecular complexity index is 898. The first-order chi connectivity index (χ1) is 14.3. The zero-order valence-electron chi connectivity index (χ0n) is 18.6. The Balaban J connectivity index is 1.56. The summed E-state index contributed by atoms with van der Waals surface area (Å²) >= 11 is 0. The van der Waals surface area contributed by atoms with Crippen molar-refractivity contribution in [2.75, 3.05) is 13.2 Å². The zero-order valence-corrected chi connectivity index (χ0v) is 18.6. The van der Waals surface area contributed by atoms with Gasteiger partial charge in [-0.2, -0.15) is 5.10 Å². The van der Waals surface area contributed by atoms with Crippen LogP contribution in [0.3, 0.4) is 0 Å². The van der Waals surface area contributed by atoms with Crippen molar-refractivity contribution >= 4 is 12.1 Å². The van der Waals surface area contributed by atoms with Crippen LogP contribution < -0.4 is 14.9 Å². The molecule has 3 rings (SSSR count). The van der Waals surface area contributed by atoms with Gasteiger partial charge < -0.3 is 9.47 Å². The highest BCUT2D eigenvalue weighted by molar-refractivity contribution is 5.86. The van der Waals surface area contributed by atoms with Gasteiger partial charge in [-0.15, -0.1) is 0 Å². The zero-order chi connectivity index (χ0) is 21.7. The van der Waals surface area contributed by atoms with Crippen LogP contribution in [0.15, 0.2) is 47.6 Å². The lowest BCUT2D eigenvalue weighted by molar-refractivity contribution is -0.122. The Kier molecular flexibility index (Phi) is 6.80. The molecule has 1 amide bonds. The third kappa shape index (κ3) is 5.41. The van der Waals surface area contributed by atoms with Crippen LogP contribution in [0, 0.1) is 5.92 Å². The quantitative estimate of drug-likeness (QED) is 0.492. The van der Waals surface area contributed by atoms with E-state index in [1.54, 1.807) is 6.21 Å². The summed E-state index contributed by atoms with van der Waals surface area (Å²) in [5, 5.41) is 4.13. The van der Waals surface area contributed by atoms with Crippen LogP contribution in [-0.2, 0) is 10.2 Å². The van der Waals surface area contributed by atoms with Gasteiger partial charge in [0.1, 0.15) is 0 Å². The number of amides is 1. The molecule has 5 nitrogen and oxygen atoms in total. The highest BCUT2D eigenvalue weighted by Crippen LogP contribution is 2.47. The van der Waals surface area contributed by atoms with E-state index >= 15 is 0 Å². The molecule has 5 heteroatoms. The second-order valence-electron chi connectivity index (χ2n) is 8.63. The van der Waals surface area contributed by atoms with Crippen molar-refractivity contribution < 1.29 is 14.3 Å². The summed E-state index contributed by atoms with van der Waals surface area (Å²) in [4.78, 5) is 12.4. The molecule has 30 heavy (non-hydrogen) atoms. The number of hydrogen-bond acceptors (Lipinski definition) is 4. The molecule has 1 saturated carbocycles. The number of hydrazone groups is 1. The van der Waals surface area contributed by atoms with E-state index in [1.165, 1.54) is 11.1 Å². The Morgan fingerprint density at radius 3 is 2.37 bits per heavy atom. The Morgan fingerprint density at radius 2 is 1.73 bits per heavy atom. The molecule has 0 saturated heterocycles. The van der Waals surface area contributed by atoms with Gasteiger partial charge in [0.15, 0.2) is 11.5 Å². The molecule has 1 aliphatic carbocycles. The lowest BCUT2D eigenvalue weighted by Crippen LogP contribution is -2.20. The number of rotatable bonds is 8. The van der Waals surface area contributed by atoms with Gasteiger partial charge in [0, 0.05) is 5.92 Å². The van der Waals surface area contributed by atoms with E-state index in [0.717, 1.165) is 12.0 Å². The van der Waals surface area contributed by atoms with E-state index in [0.29, 0.717) is 24.7 Å². The van der Waals surface area contributed by atoms with Gasteiger partial charge in [0.05, 0.1) is 19.4 Å². The van der Waals surface area contributed by atoms with Crippen molar-refractivity contribution in [3.05, 3.63) is 59.2 Å². The maximum atomic E-state index is 12.4. The van der Waals surface area contributed by atoms with E-state index in [1.807, 2.05) is 32.0 Å². The summed E-state index contributed by atoms with van der Waals surface area (Å²) in [5.74, 6) is 1.62. The van der Waals surface area contributed by atoms with Gasteiger partial charge in [0.2, 0.25) is 5.91 Å². The SMILES string of the molecule is CCOc1ccc(/C=N/NC(=O)[C@H]2C[C@@H]2c2ccc(C(C)(C)C)cc2)cc1OCC. The fourth-order valence-corrected chi connectivity index (χ4v) is 3.48. The highest BCUT2D eigenvalue weighted by atomic mass is 16.5. The minimum Gasteiger partial charge on any atom is -0.490 e. The van der Waals surface area contributed by atoms with Crippen LogP contribution in [0.1, 0.15) is 63.6 Å². The Labute approximate surface area is 179 Å². The average Bonchev–Trinajstić information content (AvgIpc) is 3.51. The molecule has 0 aromatic heterocycles. The number of ether oxygens (including phenoxy) is 2. The Hall–Kier alpha value is -2.82. The van der Waals surface area contributed by atoms with Gasteiger partial charge in [-0.05, 0) is 66.5 Å². The van der Waals surface area contributed by atoms with Crippen molar-refractivity contribution in [3.63, 3.8) is 0 Å². The van der Waals surface area contributed by atoms with Gasteiger partial charge in [-0.3, -0.25) is 4.79 Å². The molecular formula is C25H32N2O3. The number of nitrogens with one attached hydrogen (secondary N) is 1. The summed E-state index contributed by atoms with van der Waals surface area (Å²) < 4.78 is 11.2. The first kappa shape index (κ1) is 21.9. The van der Waals surface area contributed by atoms with Crippen molar-refractivity contribution in [1.29, 1.82) is 0 Å². The third-order valence-electron chi connectivity index (χ3n) is 5.29. The topological polar surface area (TPSA) is 59.9 Å². The number of carbonyl (C=O) groups is 1. The molecule has 0 heterocycles. The monoisotopic (exact) mass is 408 g/mol. The minimum atomic E-state index is -0.0351. The molecule has 1 aliphatic rings. The molecule has 2 aromatic rings. The van der Waals surface area contributed by atoms with Gasteiger partial charge in [-0.25, -0.2) is 5.43 Å². The largest absolute Gasteiger partial charge is 0.490 e. The second kappa shape index (κ2) is 9.33. The molecule has 160 valence electrons. The Morgan fingerprint density at radius 1 is 1.07 bits per heavy atom. The van der Waals surface area contributed by atoms with Gasteiger partial charge >= 0.3 is 0 Å². The third-order valence-corrected chi connectivity index (χ3v) is 5.29. The summed E-state index contributed by atoms with van der Waals surface area (Å²) in [6.07, 6.45) is 2.50. The standard InChI is InChI=1S/C25H32N2O3/c1-6-29-22-13-8-17(14-23(22)30-7-2)16-26-27-24(28)21-15-20(21)18-9-11-19(12-10-18)25(3,4)5/h8-14,16,20-21H,6-7,15H2,1-5H3,(H,27,28)/b26-16+/t20-,21+/m1/s1. The van der Waals surface area contributed by atoms with Crippen LogP contribution in [0.2, 0.25) is 0 Å². The second-order valence-corrected chi connectivity index (χ2v) is 8.63. The summed E-state index contributed by atoms with van der Waals surface area (Å²) in [7, 11) is 0. The lowest BCUT2D eigenvalue weighted by Gasteiger charge is -2.19. The predicted octanol–water partition coefficient (Wildman–Crippen LogP) is 5.04. The number of benzene rings is 2. The molecule has 1 fully saturated rings. The molecule has 0 spiro atoms. The van der Waals surface area contributed by atoms with Gasteiger partial charge in [-0.1, -0.05) is 45.0 Å². The maximum Gasteiger partial charge on any atom is 0.243 e. The average molecular weight is 409 g/mol. The van der Waals surface area contributed by atoms with Crippen LogP contribution in [0.5, 0.6) is 11.5 Å². The number of hydrogen-bond donors (Lipinski definition) is 1. The van der Waals surface area contributed by atoms with E-state index in [9.17, 15) is 4.79 Å². The molecule has 0 unspecified atom stereocenters. The summed E-state index contributed by atoms with van der Waals surface area (Å²) in [6.45, 7) is 11.6. The number of carbonyl (C=O) groups excluding carboxylic acids is 1. The summed E-state index contributed by atoms with van der Waals surface area (Å²) in [5.41, 5.74) is 6.18. The van der Waals surface area contributed by atoms with Crippen LogP contribution in [0.25, 0.3) is 0 Å². The molecule has 2 atom stereocenters. The van der Waals surface area contributed by atoms with E-state index < -0.39 is 0 Å². The molecule has 0 bridgehead atoms. The normalized spacial score (nSPS) is 18.3. The molecule has 0 aliphatic heterocycles.